The maximum Gasteiger partial charge on any atom is 0.358 e. The van der Waals surface area contributed by atoms with E-state index in [0.717, 1.165) is 21.4 Å². The monoisotopic (exact) mass is 387 g/mol. The predicted octanol–water partition coefficient (Wildman–Crippen LogP) is 4.61. The van der Waals surface area contributed by atoms with Crippen LogP contribution in [0.25, 0.3) is 10.6 Å². The summed E-state index contributed by atoms with van der Waals surface area (Å²) in [6.45, 7) is 3.32. The molecule has 1 heterocycles. The molecule has 0 fully saturated rings. The maximum absolute atomic E-state index is 11.9. The third kappa shape index (κ3) is 3.51. The quantitative estimate of drug-likeness (QED) is 0.567. The van der Waals surface area contributed by atoms with E-state index in [4.69, 9.17) is 16.3 Å². The second-order valence-corrected chi connectivity index (χ2v) is 6.39. The number of halogens is 2. The zero-order valence-corrected chi connectivity index (χ0v) is 14.4. The van der Waals surface area contributed by atoms with Gasteiger partial charge in [-0.3, -0.25) is 4.79 Å². The van der Waals surface area contributed by atoms with Crippen molar-refractivity contribution >= 4 is 50.6 Å². The minimum atomic E-state index is -0.594. The van der Waals surface area contributed by atoms with E-state index in [0.29, 0.717) is 10.0 Å². The van der Waals surface area contributed by atoms with Gasteiger partial charge in [0.25, 0.3) is 0 Å². The summed E-state index contributed by atoms with van der Waals surface area (Å²) in [7, 11) is 0. The number of benzene rings is 1. The fraction of sp³-hybridized carbons (Fsp3) is 0.214. The molecule has 0 N–H and O–H groups in total. The summed E-state index contributed by atoms with van der Waals surface area (Å²) < 4.78 is 5.72. The van der Waals surface area contributed by atoms with Crippen molar-refractivity contribution in [2.24, 2.45) is 0 Å². The third-order valence-corrected chi connectivity index (χ3v) is 4.69. The van der Waals surface area contributed by atoms with Crippen LogP contribution in [0, 0.1) is 0 Å². The molecule has 0 amide bonds. The number of nitrogens with zero attached hydrogens (tertiary/aromatic N) is 1. The predicted molar refractivity (Wildman–Crippen MR) is 86.2 cm³/mol. The third-order valence-electron chi connectivity index (χ3n) is 2.57. The van der Waals surface area contributed by atoms with Crippen LogP contribution in [0.4, 0.5) is 0 Å². The van der Waals surface area contributed by atoms with Crippen molar-refractivity contribution in [1.82, 2.24) is 4.98 Å². The Morgan fingerprint density at radius 3 is 2.76 bits per heavy atom. The molecule has 0 aliphatic heterocycles. The molecule has 0 spiro atoms. The summed E-state index contributed by atoms with van der Waals surface area (Å²) in [5.74, 6) is -0.816. The minimum absolute atomic E-state index is 0.0521. The van der Waals surface area contributed by atoms with Gasteiger partial charge >= 0.3 is 5.97 Å². The normalized spacial score (nSPS) is 10.5. The number of ketones is 1. The van der Waals surface area contributed by atoms with Gasteiger partial charge in [0.2, 0.25) is 0 Å². The molecule has 0 unspecified atom stereocenters. The van der Waals surface area contributed by atoms with Crippen LogP contribution in [-0.4, -0.2) is 23.3 Å². The highest BCUT2D eigenvalue weighted by Crippen LogP contribution is 2.35. The van der Waals surface area contributed by atoms with E-state index in [1.165, 1.54) is 6.92 Å². The zero-order chi connectivity index (χ0) is 15.6. The first kappa shape index (κ1) is 16.1. The van der Waals surface area contributed by atoms with Crippen molar-refractivity contribution in [2.45, 2.75) is 13.8 Å². The first-order chi connectivity index (χ1) is 9.93. The van der Waals surface area contributed by atoms with Crippen molar-refractivity contribution in [3.05, 3.63) is 38.3 Å². The maximum atomic E-state index is 11.9. The highest BCUT2D eigenvalue weighted by molar-refractivity contribution is 9.10. The van der Waals surface area contributed by atoms with Gasteiger partial charge in [-0.15, -0.1) is 11.3 Å². The van der Waals surface area contributed by atoms with Crippen molar-refractivity contribution in [2.75, 3.05) is 6.61 Å². The van der Waals surface area contributed by atoms with Crippen LogP contribution in [-0.2, 0) is 4.74 Å². The van der Waals surface area contributed by atoms with E-state index < -0.39 is 5.97 Å². The Kier molecular flexibility index (Phi) is 5.13. The van der Waals surface area contributed by atoms with Crippen LogP contribution >= 0.6 is 38.9 Å². The molecule has 2 aromatic rings. The molecule has 2 rings (SSSR count). The Balaban J connectivity index is 2.56. The summed E-state index contributed by atoms with van der Waals surface area (Å²) in [6.07, 6.45) is 0. The van der Waals surface area contributed by atoms with Crippen LogP contribution < -0.4 is 0 Å². The lowest BCUT2D eigenvalue weighted by atomic mass is 10.2. The second kappa shape index (κ2) is 6.68. The lowest BCUT2D eigenvalue weighted by Crippen LogP contribution is -2.09. The van der Waals surface area contributed by atoms with E-state index >= 15 is 0 Å². The van der Waals surface area contributed by atoms with Gasteiger partial charge < -0.3 is 4.74 Å². The van der Waals surface area contributed by atoms with Crippen LogP contribution in [0.1, 0.15) is 34.0 Å². The number of esters is 1. The molecule has 0 aliphatic carbocycles. The number of hydrogen-bond donors (Lipinski definition) is 0. The van der Waals surface area contributed by atoms with Gasteiger partial charge in [-0.05, 0) is 25.1 Å². The number of rotatable bonds is 4. The van der Waals surface area contributed by atoms with E-state index in [1.807, 2.05) is 0 Å². The number of carbonyl (C=O) groups is 2. The molecule has 1 aromatic carbocycles. The summed E-state index contributed by atoms with van der Waals surface area (Å²) in [5.41, 5.74) is 0.779. The molecule has 0 saturated carbocycles. The van der Waals surface area contributed by atoms with Gasteiger partial charge in [0.15, 0.2) is 11.5 Å². The van der Waals surface area contributed by atoms with Crippen LogP contribution in [0.5, 0.6) is 0 Å². The lowest BCUT2D eigenvalue weighted by Gasteiger charge is -2.01. The molecule has 1 aromatic heterocycles. The molecule has 0 aliphatic rings. The fourth-order valence-corrected chi connectivity index (χ4v) is 3.39. The number of thiazole rings is 1. The second-order valence-electron chi connectivity index (χ2n) is 4.10. The van der Waals surface area contributed by atoms with E-state index in [9.17, 15) is 9.59 Å². The van der Waals surface area contributed by atoms with E-state index in [2.05, 4.69) is 20.9 Å². The molecule has 7 heteroatoms. The van der Waals surface area contributed by atoms with Gasteiger partial charge in [0.1, 0.15) is 9.88 Å². The first-order valence-electron chi connectivity index (χ1n) is 6.08. The Labute approximate surface area is 139 Å². The van der Waals surface area contributed by atoms with Gasteiger partial charge in [0, 0.05) is 22.0 Å². The van der Waals surface area contributed by atoms with Crippen molar-refractivity contribution in [3.63, 3.8) is 0 Å². The first-order valence-corrected chi connectivity index (χ1v) is 8.07. The molecular formula is C14H11BrClNO3S. The Bertz CT molecular complexity index is 714. The molecule has 21 heavy (non-hydrogen) atoms. The summed E-state index contributed by atoms with van der Waals surface area (Å²) in [5, 5.41) is 1.09. The Morgan fingerprint density at radius 1 is 1.43 bits per heavy atom. The van der Waals surface area contributed by atoms with Gasteiger partial charge in [-0.2, -0.15) is 0 Å². The Morgan fingerprint density at radius 2 is 2.14 bits per heavy atom. The number of Topliss-reactive ketones (excluding diaryl/α,β-unsaturated/α-hetero) is 1. The average molecular weight is 389 g/mol. The number of ether oxygens (including phenoxy) is 1. The minimum Gasteiger partial charge on any atom is -0.461 e. The molecule has 0 atom stereocenters. The van der Waals surface area contributed by atoms with Crippen LogP contribution in [0.3, 0.4) is 0 Å². The summed E-state index contributed by atoms with van der Waals surface area (Å²) in [6, 6.07) is 5.25. The molecule has 4 nitrogen and oxygen atoms in total. The highest BCUT2D eigenvalue weighted by Gasteiger charge is 2.23. The molecular weight excluding hydrogens is 378 g/mol. The highest BCUT2D eigenvalue weighted by atomic mass is 79.9. The lowest BCUT2D eigenvalue weighted by molar-refractivity contribution is 0.0517. The summed E-state index contributed by atoms with van der Waals surface area (Å²) >= 11 is 10.5. The molecule has 0 saturated heterocycles. The van der Waals surface area contributed by atoms with Gasteiger partial charge in [-0.25, -0.2) is 9.78 Å². The summed E-state index contributed by atoms with van der Waals surface area (Å²) in [4.78, 5) is 28.1. The fourth-order valence-electron chi connectivity index (χ4n) is 1.67. The molecule has 0 bridgehead atoms. The van der Waals surface area contributed by atoms with Crippen LogP contribution in [0.15, 0.2) is 22.7 Å². The van der Waals surface area contributed by atoms with Crippen molar-refractivity contribution < 1.29 is 14.3 Å². The SMILES string of the molecule is CCOC(=O)c1nc(-c2cc(Cl)ccc2Br)sc1C(C)=O. The van der Waals surface area contributed by atoms with Gasteiger partial charge in [-0.1, -0.05) is 27.5 Å². The van der Waals surface area contributed by atoms with E-state index in [-0.39, 0.29) is 23.0 Å². The smallest absolute Gasteiger partial charge is 0.358 e. The largest absolute Gasteiger partial charge is 0.461 e. The Hall–Kier alpha value is -1.24. The van der Waals surface area contributed by atoms with Crippen molar-refractivity contribution in [1.29, 1.82) is 0 Å². The van der Waals surface area contributed by atoms with Crippen LogP contribution in [0.2, 0.25) is 5.02 Å². The standard InChI is InChI=1S/C14H11BrClNO3S/c1-3-20-14(19)11-12(7(2)18)21-13(17-11)9-6-8(16)4-5-10(9)15/h4-6H,3H2,1-2H3. The van der Waals surface area contributed by atoms with Crippen molar-refractivity contribution in [3.8, 4) is 10.6 Å². The number of hydrogen-bond acceptors (Lipinski definition) is 5. The number of carbonyl (C=O) groups excluding carboxylic acids is 2. The molecule has 0 radical (unpaired) electrons. The number of aromatic nitrogens is 1. The topological polar surface area (TPSA) is 56.3 Å². The van der Waals surface area contributed by atoms with Gasteiger partial charge in [0.05, 0.1) is 6.61 Å². The van der Waals surface area contributed by atoms with E-state index in [1.54, 1.807) is 25.1 Å². The molecule has 110 valence electrons. The zero-order valence-electron chi connectivity index (χ0n) is 11.3. The average Bonchev–Trinajstić information content (AvgIpc) is 2.87.